The Morgan fingerprint density at radius 3 is 2.45 bits per heavy atom. The molecule has 3 aromatic rings. The van der Waals surface area contributed by atoms with Crippen LogP contribution in [-0.4, -0.2) is 52.9 Å². The minimum atomic E-state index is -3.67. The Hall–Kier alpha value is -1.58. The summed E-state index contributed by atoms with van der Waals surface area (Å²) < 4.78 is 28.5. The van der Waals surface area contributed by atoms with Gasteiger partial charge in [0.2, 0.25) is 10.0 Å². The van der Waals surface area contributed by atoms with Crippen LogP contribution >= 0.6 is 35.0 Å². The quantitative estimate of drug-likeness (QED) is 0.526. The number of nitrogens with zero attached hydrogens (tertiary/aromatic N) is 4. The summed E-state index contributed by atoms with van der Waals surface area (Å²) in [4.78, 5) is 11.2. The van der Waals surface area contributed by atoms with E-state index in [4.69, 9.17) is 28.2 Å². The molecule has 2 fully saturated rings. The van der Waals surface area contributed by atoms with Crippen LogP contribution in [0.5, 0.6) is 0 Å². The molecular formula is C21H20Cl2N4O2S2. The van der Waals surface area contributed by atoms with Crippen molar-refractivity contribution in [1.82, 2.24) is 14.3 Å². The number of rotatable bonds is 3. The van der Waals surface area contributed by atoms with Crippen LogP contribution in [0.1, 0.15) is 12.8 Å². The third-order valence-electron chi connectivity index (χ3n) is 5.90. The molecule has 10 heteroatoms. The zero-order chi connectivity index (χ0) is 21.6. The summed E-state index contributed by atoms with van der Waals surface area (Å²) in [6.07, 6.45) is 3.23. The highest BCUT2D eigenvalue weighted by Gasteiger charge is 2.50. The molecule has 1 aromatic heterocycles. The maximum atomic E-state index is 13.4. The number of para-hydroxylation sites is 2. The van der Waals surface area contributed by atoms with Crippen molar-refractivity contribution in [3.05, 3.63) is 58.7 Å². The van der Waals surface area contributed by atoms with Crippen LogP contribution in [0.15, 0.2) is 53.6 Å². The smallest absolute Gasteiger partial charge is 0.244 e. The highest BCUT2D eigenvalue weighted by atomic mass is 35.5. The van der Waals surface area contributed by atoms with Gasteiger partial charge in [0.05, 0.1) is 37.0 Å². The third-order valence-corrected chi connectivity index (χ3v) is 10.3. The number of sulfonamides is 1. The molecular weight excluding hydrogens is 475 g/mol. The van der Waals surface area contributed by atoms with E-state index in [9.17, 15) is 8.42 Å². The van der Waals surface area contributed by atoms with E-state index in [2.05, 4.69) is 9.88 Å². The first-order valence-corrected chi connectivity index (χ1v) is 13.2. The molecule has 5 rings (SSSR count). The van der Waals surface area contributed by atoms with Crippen LogP contribution in [0.25, 0.3) is 11.0 Å². The molecule has 0 saturated carbocycles. The second kappa shape index (κ2) is 8.08. The van der Waals surface area contributed by atoms with Crippen LogP contribution in [0.3, 0.4) is 0 Å². The summed E-state index contributed by atoms with van der Waals surface area (Å²) in [5.41, 5.74) is 1.73. The van der Waals surface area contributed by atoms with Crippen molar-refractivity contribution in [2.24, 2.45) is 0 Å². The first kappa shape index (κ1) is 21.3. The average Bonchev–Trinajstić information content (AvgIpc) is 3.19. The average molecular weight is 495 g/mol. The van der Waals surface area contributed by atoms with Gasteiger partial charge in [0.15, 0.2) is 0 Å². The van der Waals surface area contributed by atoms with E-state index >= 15 is 0 Å². The number of thioether (sulfide) groups is 1. The molecule has 162 valence electrons. The fraction of sp³-hybridized carbons (Fsp3) is 0.333. The van der Waals surface area contributed by atoms with Gasteiger partial charge in [0.1, 0.15) is 5.82 Å². The van der Waals surface area contributed by atoms with E-state index in [1.54, 1.807) is 22.3 Å². The van der Waals surface area contributed by atoms with Gasteiger partial charge < -0.3 is 4.90 Å². The Morgan fingerprint density at radius 2 is 1.71 bits per heavy atom. The largest absolute Gasteiger partial charge is 0.355 e. The van der Waals surface area contributed by atoms with Crippen LogP contribution in [0, 0.1) is 0 Å². The van der Waals surface area contributed by atoms with Gasteiger partial charge in [-0.15, -0.1) is 11.8 Å². The molecule has 0 atom stereocenters. The summed E-state index contributed by atoms with van der Waals surface area (Å²) in [5.74, 6) is 1.60. The summed E-state index contributed by atoms with van der Waals surface area (Å²) >= 11 is 13.8. The number of piperidine rings is 1. The molecule has 0 aliphatic carbocycles. The molecule has 2 saturated heterocycles. The molecule has 31 heavy (non-hydrogen) atoms. The highest BCUT2D eigenvalue weighted by molar-refractivity contribution is 8.02. The van der Waals surface area contributed by atoms with Crippen molar-refractivity contribution < 1.29 is 8.42 Å². The number of halogens is 2. The van der Waals surface area contributed by atoms with E-state index in [1.165, 1.54) is 18.2 Å². The van der Waals surface area contributed by atoms with E-state index in [-0.39, 0.29) is 9.92 Å². The lowest BCUT2D eigenvalue weighted by Gasteiger charge is -2.43. The number of hydrogen-bond donors (Lipinski definition) is 0. The zero-order valence-corrected chi connectivity index (χ0v) is 19.7. The minimum Gasteiger partial charge on any atom is -0.355 e. The Kier molecular flexibility index (Phi) is 5.55. The van der Waals surface area contributed by atoms with Crippen LogP contribution in [0.2, 0.25) is 10.0 Å². The lowest BCUT2D eigenvalue weighted by Crippen LogP contribution is -2.52. The second-order valence-electron chi connectivity index (χ2n) is 7.65. The van der Waals surface area contributed by atoms with Crippen molar-refractivity contribution in [3.8, 4) is 0 Å². The Balaban J connectivity index is 1.38. The highest BCUT2D eigenvalue weighted by Crippen LogP contribution is 2.47. The maximum Gasteiger partial charge on any atom is 0.244 e. The SMILES string of the molecule is O=S(=O)(c1ccc(Cl)c(Cl)c1)N1CCSC12CCN(c1cnc3ccccc3n1)CC2. The van der Waals surface area contributed by atoms with E-state index in [0.29, 0.717) is 37.5 Å². The Bertz CT molecular complexity index is 1250. The van der Waals surface area contributed by atoms with Crippen molar-refractivity contribution in [2.45, 2.75) is 22.6 Å². The van der Waals surface area contributed by atoms with Crippen LogP contribution < -0.4 is 4.90 Å². The summed E-state index contributed by atoms with van der Waals surface area (Å²) in [6.45, 7) is 1.92. The van der Waals surface area contributed by atoms with Gasteiger partial charge in [-0.2, -0.15) is 4.31 Å². The molecule has 6 nitrogen and oxygen atoms in total. The van der Waals surface area contributed by atoms with Gasteiger partial charge in [-0.1, -0.05) is 35.3 Å². The number of anilines is 1. The summed E-state index contributed by atoms with van der Waals surface area (Å²) in [7, 11) is -3.67. The molecule has 0 radical (unpaired) electrons. The summed E-state index contributed by atoms with van der Waals surface area (Å²) in [6, 6.07) is 12.3. The molecule has 0 unspecified atom stereocenters. The predicted molar refractivity (Wildman–Crippen MR) is 127 cm³/mol. The van der Waals surface area contributed by atoms with Crippen LogP contribution in [-0.2, 0) is 10.0 Å². The molecule has 0 bridgehead atoms. The molecule has 0 amide bonds. The van der Waals surface area contributed by atoms with Gasteiger partial charge in [0.25, 0.3) is 0 Å². The summed E-state index contributed by atoms with van der Waals surface area (Å²) in [5, 5.41) is 0.587. The van der Waals surface area contributed by atoms with Crippen molar-refractivity contribution in [1.29, 1.82) is 0 Å². The van der Waals surface area contributed by atoms with Gasteiger partial charge in [0, 0.05) is 25.4 Å². The third kappa shape index (κ3) is 3.78. The Morgan fingerprint density at radius 1 is 0.968 bits per heavy atom. The lowest BCUT2D eigenvalue weighted by molar-refractivity contribution is 0.266. The van der Waals surface area contributed by atoms with Crippen molar-refractivity contribution >= 4 is 61.8 Å². The van der Waals surface area contributed by atoms with E-state index < -0.39 is 14.9 Å². The number of aromatic nitrogens is 2. The fourth-order valence-electron chi connectivity index (χ4n) is 4.28. The molecule has 1 spiro atoms. The molecule has 2 aromatic carbocycles. The second-order valence-corrected chi connectivity index (χ2v) is 11.8. The fourth-order valence-corrected chi connectivity index (χ4v) is 8.28. The molecule has 2 aliphatic heterocycles. The van der Waals surface area contributed by atoms with Gasteiger partial charge in [-0.3, -0.25) is 4.98 Å². The Labute approximate surface area is 195 Å². The molecule has 3 heterocycles. The zero-order valence-electron chi connectivity index (χ0n) is 16.5. The first-order valence-electron chi connectivity index (χ1n) is 9.98. The topological polar surface area (TPSA) is 66.4 Å². The van der Waals surface area contributed by atoms with Crippen molar-refractivity contribution in [2.75, 3.05) is 30.3 Å². The lowest BCUT2D eigenvalue weighted by atomic mass is 10.0. The number of fused-ring (bicyclic) bond motifs is 1. The predicted octanol–water partition coefficient (Wildman–Crippen LogP) is 4.67. The maximum absolute atomic E-state index is 13.4. The van der Waals surface area contributed by atoms with Gasteiger partial charge in [-0.25, -0.2) is 13.4 Å². The van der Waals surface area contributed by atoms with E-state index in [1.807, 2.05) is 24.3 Å². The monoisotopic (exact) mass is 494 g/mol. The first-order chi connectivity index (χ1) is 14.9. The van der Waals surface area contributed by atoms with E-state index in [0.717, 1.165) is 22.6 Å². The number of hydrogen-bond acceptors (Lipinski definition) is 6. The minimum absolute atomic E-state index is 0.187. The molecule has 2 aliphatic rings. The number of benzene rings is 2. The van der Waals surface area contributed by atoms with Gasteiger partial charge in [-0.05, 0) is 43.2 Å². The van der Waals surface area contributed by atoms with Crippen molar-refractivity contribution in [3.63, 3.8) is 0 Å². The van der Waals surface area contributed by atoms with Gasteiger partial charge >= 0.3 is 0 Å². The van der Waals surface area contributed by atoms with Crippen LogP contribution in [0.4, 0.5) is 5.82 Å². The molecule has 0 N–H and O–H groups in total. The normalized spacial score (nSPS) is 19.4. The standard InChI is InChI=1S/C21H20Cl2N4O2S2/c22-16-6-5-15(13-17(16)23)31(28,29)27-11-12-30-21(27)7-9-26(10-8-21)20-14-24-18-3-1-2-4-19(18)25-20/h1-6,13-14H,7-12H2.